The van der Waals surface area contributed by atoms with Crippen molar-refractivity contribution in [3.05, 3.63) is 79.3 Å². The van der Waals surface area contributed by atoms with Gasteiger partial charge in [0.25, 0.3) is 0 Å². The van der Waals surface area contributed by atoms with Crippen molar-refractivity contribution < 1.29 is 9.21 Å². The Hall–Kier alpha value is -4.13. The van der Waals surface area contributed by atoms with Crippen molar-refractivity contribution in [3.63, 3.8) is 0 Å². The van der Waals surface area contributed by atoms with Gasteiger partial charge in [0.2, 0.25) is 0 Å². The molecule has 0 saturated carbocycles. The van der Waals surface area contributed by atoms with Gasteiger partial charge in [-0.1, -0.05) is 12.1 Å². The van der Waals surface area contributed by atoms with Gasteiger partial charge in [0.05, 0.1) is 12.5 Å². The molecule has 4 aromatic heterocycles. The average molecular weight is 383 g/mol. The van der Waals surface area contributed by atoms with Gasteiger partial charge in [0.1, 0.15) is 5.65 Å². The van der Waals surface area contributed by atoms with E-state index in [1.54, 1.807) is 24.5 Å². The van der Waals surface area contributed by atoms with Crippen LogP contribution in [-0.2, 0) is 0 Å². The van der Waals surface area contributed by atoms with Crippen LogP contribution >= 0.6 is 0 Å². The van der Waals surface area contributed by atoms with Crippen molar-refractivity contribution in [3.8, 4) is 22.3 Å². The highest BCUT2D eigenvalue weighted by molar-refractivity contribution is 5.97. The zero-order valence-electron chi connectivity index (χ0n) is 15.6. The maximum absolute atomic E-state index is 12.4. The summed E-state index contributed by atoms with van der Waals surface area (Å²) in [4.78, 5) is 20.2. The third-order valence-electron chi connectivity index (χ3n) is 4.87. The lowest BCUT2D eigenvalue weighted by atomic mass is 10.0. The van der Waals surface area contributed by atoms with Crippen LogP contribution in [-0.4, -0.2) is 32.7 Å². The van der Waals surface area contributed by atoms with Crippen molar-refractivity contribution in [1.29, 1.82) is 0 Å². The van der Waals surface area contributed by atoms with Crippen molar-refractivity contribution >= 4 is 22.6 Å². The molecule has 7 nitrogen and oxygen atoms in total. The van der Waals surface area contributed by atoms with Crippen LogP contribution in [0.25, 0.3) is 33.3 Å². The molecule has 7 heteroatoms. The number of aromatic amines is 1. The van der Waals surface area contributed by atoms with E-state index in [-0.39, 0.29) is 11.7 Å². The van der Waals surface area contributed by atoms with E-state index in [9.17, 15) is 4.79 Å². The van der Waals surface area contributed by atoms with Gasteiger partial charge in [-0.15, -0.1) is 0 Å². The summed E-state index contributed by atoms with van der Waals surface area (Å²) < 4.78 is 6.45. The normalized spacial score (nSPS) is 11.1. The van der Waals surface area contributed by atoms with Crippen molar-refractivity contribution in [2.75, 3.05) is 12.4 Å². The molecule has 5 aromatic rings. The van der Waals surface area contributed by atoms with Gasteiger partial charge >= 0.3 is 5.91 Å². The quantitative estimate of drug-likeness (QED) is 0.480. The highest BCUT2D eigenvalue weighted by Crippen LogP contribution is 2.31. The molecule has 142 valence electrons. The number of anilines is 1. The zero-order valence-corrected chi connectivity index (χ0v) is 15.6. The Morgan fingerprint density at radius 1 is 1.10 bits per heavy atom. The molecule has 0 aliphatic heterocycles. The predicted octanol–water partition coefficient (Wildman–Crippen LogP) is 4.42. The number of H-pyrrole nitrogens is 1. The van der Waals surface area contributed by atoms with Gasteiger partial charge in [-0.3, -0.25) is 4.79 Å². The van der Waals surface area contributed by atoms with E-state index in [0.29, 0.717) is 0 Å². The van der Waals surface area contributed by atoms with Gasteiger partial charge < -0.3 is 14.7 Å². The Kier molecular flexibility index (Phi) is 3.98. The number of carbonyl (C=O) groups is 1. The minimum atomic E-state index is -0.315. The van der Waals surface area contributed by atoms with Crippen LogP contribution in [0.3, 0.4) is 0 Å². The van der Waals surface area contributed by atoms with Gasteiger partial charge in [-0.05, 0) is 35.9 Å². The molecule has 0 aliphatic rings. The van der Waals surface area contributed by atoms with E-state index < -0.39 is 0 Å². The Morgan fingerprint density at radius 3 is 2.72 bits per heavy atom. The molecule has 0 bridgehead atoms. The highest BCUT2D eigenvalue weighted by atomic mass is 16.3. The summed E-state index contributed by atoms with van der Waals surface area (Å²) in [5, 5.41) is 8.28. The molecule has 2 N–H and O–H groups in total. The Bertz CT molecular complexity index is 1300. The van der Waals surface area contributed by atoms with Gasteiger partial charge in [0.15, 0.2) is 5.76 Å². The number of nitrogens with zero attached hydrogens (tertiary/aromatic N) is 3. The van der Waals surface area contributed by atoms with Crippen LogP contribution in [0.4, 0.5) is 5.69 Å². The SMILES string of the molecule is CNc1ccc(-c2cnc3[nH]cc(-c4cnn(C(=O)c5ccco5)c4)c3c2)cc1. The van der Waals surface area contributed by atoms with E-state index in [4.69, 9.17) is 4.42 Å². The van der Waals surface area contributed by atoms with E-state index in [0.717, 1.165) is 39.0 Å². The summed E-state index contributed by atoms with van der Waals surface area (Å²) in [7, 11) is 1.89. The minimum absolute atomic E-state index is 0.243. The van der Waals surface area contributed by atoms with Crippen LogP contribution in [0.15, 0.2) is 77.9 Å². The molecule has 29 heavy (non-hydrogen) atoms. The maximum atomic E-state index is 12.4. The molecule has 0 atom stereocenters. The predicted molar refractivity (Wildman–Crippen MR) is 111 cm³/mol. The fourth-order valence-corrected chi connectivity index (χ4v) is 3.32. The fraction of sp³-hybridized carbons (Fsp3) is 0.0455. The molecule has 0 aliphatic carbocycles. The number of furan rings is 1. The summed E-state index contributed by atoms with van der Waals surface area (Å²) in [5.74, 6) is -0.0722. The third kappa shape index (κ3) is 2.98. The molecule has 0 fully saturated rings. The monoisotopic (exact) mass is 383 g/mol. The minimum Gasteiger partial charge on any atom is -0.459 e. The Morgan fingerprint density at radius 2 is 1.97 bits per heavy atom. The number of carbonyl (C=O) groups excluding carboxylic acids is 1. The van der Waals surface area contributed by atoms with Crippen LogP contribution in [0.2, 0.25) is 0 Å². The van der Waals surface area contributed by atoms with Crippen LogP contribution in [0.1, 0.15) is 10.6 Å². The molecule has 0 saturated heterocycles. The first-order valence-corrected chi connectivity index (χ1v) is 9.11. The number of fused-ring (bicyclic) bond motifs is 1. The van der Waals surface area contributed by atoms with Gasteiger partial charge in [0, 0.05) is 53.4 Å². The van der Waals surface area contributed by atoms with E-state index in [1.165, 1.54) is 10.9 Å². The standard InChI is InChI=1S/C22H17N5O2/c1-23-17-6-4-14(5-7-17)15-9-18-19(12-25-21(18)24-10-15)16-11-26-27(13-16)22(28)20-3-2-8-29-20/h2-13,23H,1H3,(H,24,25). The fourth-order valence-electron chi connectivity index (χ4n) is 3.32. The van der Waals surface area contributed by atoms with Gasteiger partial charge in [-0.25, -0.2) is 9.67 Å². The van der Waals surface area contributed by atoms with E-state index in [2.05, 4.69) is 38.6 Å². The zero-order chi connectivity index (χ0) is 19.8. The molecule has 0 amide bonds. The number of pyridine rings is 1. The lowest BCUT2D eigenvalue weighted by Gasteiger charge is -2.04. The van der Waals surface area contributed by atoms with Crippen LogP contribution in [0.5, 0.6) is 0 Å². The lowest BCUT2D eigenvalue weighted by Crippen LogP contribution is -2.11. The maximum Gasteiger partial charge on any atom is 0.313 e. The molecule has 0 radical (unpaired) electrons. The van der Waals surface area contributed by atoms with Crippen LogP contribution < -0.4 is 5.32 Å². The lowest BCUT2D eigenvalue weighted by molar-refractivity contribution is 0.0917. The number of nitrogens with one attached hydrogen (secondary N) is 2. The van der Waals surface area contributed by atoms with E-state index >= 15 is 0 Å². The smallest absolute Gasteiger partial charge is 0.313 e. The first-order valence-electron chi connectivity index (χ1n) is 9.11. The number of benzene rings is 1. The number of rotatable bonds is 4. The second kappa shape index (κ2) is 6.79. The third-order valence-corrected chi connectivity index (χ3v) is 4.87. The first kappa shape index (κ1) is 17.0. The molecular weight excluding hydrogens is 366 g/mol. The van der Waals surface area contributed by atoms with Gasteiger partial charge in [-0.2, -0.15) is 5.10 Å². The second-order valence-corrected chi connectivity index (χ2v) is 6.61. The highest BCUT2D eigenvalue weighted by Gasteiger charge is 2.15. The van der Waals surface area contributed by atoms with Crippen molar-refractivity contribution in [1.82, 2.24) is 19.7 Å². The second-order valence-electron chi connectivity index (χ2n) is 6.61. The summed E-state index contributed by atoms with van der Waals surface area (Å²) in [6.45, 7) is 0. The Balaban J connectivity index is 1.53. The number of hydrogen-bond acceptors (Lipinski definition) is 5. The number of aromatic nitrogens is 4. The summed E-state index contributed by atoms with van der Waals surface area (Å²) in [5.41, 5.74) is 5.68. The van der Waals surface area contributed by atoms with Crippen LogP contribution in [0, 0.1) is 0 Å². The molecule has 1 aromatic carbocycles. The number of hydrogen-bond donors (Lipinski definition) is 2. The summed E-state index contributed by atoms with van der Waals surface area (Å²) in [6.07, 6.45) is 8.55. The van der Waals surface area contributed by atoms with E-state index in [1.807, 2.05) is 31.6 Å². The topological polar surface area (TPSA) is 88.7 Å². The van der Waals surface area contributed by atoms with Crippen molar-refractivity contribution in [2.45, 2.75) is 0 Å². The summed E-state index contributed by atoms with van der Waals surface area (Å²) >= 11 is 0. The largest absolute Gasteiger partial charge is 0.459 e. The average Bonchev–Trinajstić information content (AvgIpc) is 3.53. The first-order chi connectivity index (χ1) is 14.2. The molecule has 0 unspecified atom stereocenters. The van der Waals surface area contributed by atoms with Crippen molar-refractivity contribution in [2.24, 2.45) is 0 Å². The summed E-state index contributed by atoms with van der Waals surface area (Å²) in [6, 6.07) is 13.6. The molecule has 0 spiro atoms. The molecular formula is C22H17N5O2. The molecule has 4 heterocycles. The molecule has 5 rings (SSSR count). The Labute approximate surface area is 166 Å².